The summed E-state index contributed by atoms with van der Waals surface area (Å²) < 4.78 is 1.02. The third kappa shape index (κ3) is 4.37. The highest BCUT2D eigenvalue weighted by Gasteiger charge is 2.41. The molecule has 0 saturated heterocycles. The van der Waals surface area contributed by atoms with Crippen LogP contribution in [0.5, 0.6) is 0 Å². The second kappa shape index (κ2) is 9.16. The van der Waals surface area contributed by atoms with Gasteiger partial charge in [-0.2, -0.15) is 4.98 Å². The summed E-state index contributed by atoms with van der Waals surface area (Å²) in [5.41, 5.74) is 3.22. The molecule has 0 unspecified atom stereocenters. The van der Waals surface area contributed by atoms with Crippen LogP contribution in [0.2, 0.25) is 0 Å². The molecule has 2 saturated carbocycles. The molecule has 9 nitrogen and oxygen atoms in total. The van der Waals surface area contributed by atoms with Gasteiger partial charge in [-0.25, -0.2) is 9.97 Å². The zero-order chi connectivity index (χ0) is 24.0. The van der Waals surface area contributed by atoms with Gasteiger partial charge in [0.15, 0.2) is 5.78 Å². The zero-order valence-corrected chi connectivity index (χ0v) is 20.4. The van der Waals surface area contributed by atoms with Crippen molar-refractivity contribution in [2.45, 2.75) is 64.6 Å². The molecule has 4 N–H and O–H groups in total. The molecular formula is C24H30N6O3S. The number of aromatic nitrogens is 4. The Kier molecular flexibility index (Phi) is 6.22. The van der Waals surface area contributed by atoms with Gasteiger partial charge in [-0.15, -0.1) is 11.3 Å². The largest absolute Gasteiger partial charge is 0.396 e. The Morgan fingerprint density at radius 3 is 2.71 bits per heavy atom. The molecule has 3 aromatic rings. The molecule has 180 valence electrons. The quantitative estimate of drug-likeness (QED) is 0.382. The molecule has 0 aliphatic heterocycles. The monoisotopic (exact) mass is 482 g/mol. The molecule has 2 fully saturated rings. The predicted molar refractivity (Wildman–Crippen MR) is 132 cm³/mol. The highest BCUT2D eigenvalue weighted by Crippen LogP contribution is 2.39. The molecular weight excluding hydrogens is 452 g/mol. The van der Waals surface area contributed by atoms with Crippen LogP contribution in [0, 0.1) is 25.7 Å². The molecule has 10 heteroatoms. The van der Waals surface area contributed by atoms with Gasteiger partial charge in [0.05, 0.1) is 27.7 Å². The second-order valence-corrected chi connectivity index (χ2v) is 10.5. The number of hydrogen-bond donors (Lipinski definition) is 4. The Morgan fingerprint density at radius 1 is 1.21 bits per heavy atom. The number of rotatable bonds is 8. The number of pyridine rings is 1. The van der Waals surface area contributed by atoms with Crippen molar-refractivity contribution in [1.82, 2.24) is 19.9 Å². The Labute approximate surface area is 202 Å². The number of nitrogens with one attached hydrogen (secondary N) is 2. The smallest absolute Gasteiger partial charge is 0.225 e. The van der Waals surface area contributed by atoms with Crippen molar-refractivity contribution < 1.29 is 15.0 Å². The molecule has 0 aromatic carbocycles. The Hall–Kier alpha value is -2.69. The number of Topliss-reactive ketones (excluding diaryl/α,β-unsaturated/α-hetero) is 1. The molecule has 2 aliphatic carbocycles. The minimum Gasteiger partial charge on any atom is -0.396 e. The highest BCUT2D eigenvalue weighted by atomic mass is 32.1. The molecule has 0 bridgehead atoms. The number of aliphatic hydroxyl groups is 2. The summed E-state index contributed by atoms with van der Waals surface area (Å²) in [5, 5.41) is 27.4. The first-order chi connectivity index (χ1) is 16.4. The van der Waals surface area contributed by atoms with Crippen molar-refractivity contribution in [3.05, 3.63) is 23.7 Å². The van der Waals surface area contributed by atoms with E-state index in [0.29, 0.717) is 30.5 Å². The second-order valence-electron chi connectivity index (χ2n) is 9.43. The summed E-state index contributed by atoms with van der Waals surface area (Å²) >= 11 is 1.54. The lowest BCUT2D eigenvalue weighted by Crippen LogP contribution is -2.33. The lowest BCUT2D eigenvalue weighted by molar-refractivity contribution is -0.127. The van der Waals surface area contributed by atoms with E-state index in [2.05, 4.69) is 22.5 Å². The Morgan fingerprint density at radius 2 is 2.00 bits per heavy atom. The number of carbonyl (C=O) groups is 1. The zero-order valence-electron chi connectivity index (χ0n) is 19.6. The summed E-state index contributed by atoms with van der Waals surface area (Å²) in [4.78, 5) is 31.2. The normalized spacial score (nSPS) is 23.4. The third-order valence-corrected chi connectivity index (χ3v) is 7.93. The summed E-state index contributed by atoms with van der Waals surface area (Å²) in [6.45, 7) is 5.92. The van der Waals surface area contributed by atoms with Crippen molar-refractivity contribution >= 4 is 39.1 Å². The van der Waals surface area contributed by atoms with Gasteiger partial charge in [0.2, 0.25) is 5.95 Å². The van der Waals surface area contributed by atoms with Gasteiger partial charge in [-0.3, -0.25) is 9.78 Å². The van der Waals surface area contributed by atoms with Crippen molar-refractivity contribution in [3.63, 3.8) is 0 Å². The lowest BCUT2D eigenvalue weighted by Gasteiger charge is -2.21. The van der Waals surface area contributed by atoms with E-state index >= 15 is 0 Å². The first kappa shape index (κ1) is 23.1. The number of carbonyl (C=O) groups excluding carboxylic acids is 1. The molecule has 3 heterocycles. The summed E-state index contributed by atoms with van der Waals surface area (Å²) in [5.74, 6) is 1.10. The van der Waals surface area contributed by atoms with E-state index in [4.69, 9.17) is 15.0 Å². The number of ketones is 1. The van der Waals surface area contributed by atoms with Crippen LogP contribution in [0.3, 0.4) is 0 Å². The van der Waals surface area contributed by atoms with Crippen LogP contribution in [0.1, 0.15) is 44.0 Å². The van der Waals surface area contributed by atoms with Crippen LogP contribution in [-0.4, -0.2) is 60.7 Å². The van der Waals surface area contributed by atoms with E-state index < -0.39 is 12.1 Å². The van der Waals surface area contributed by atoms with E-state index in [-0.39, 0.29) is 24.3 Å². The van der Waals surface area contributed by atoms with Gasteiger partial charge >= 0.3 is 0 Å². The van der Waals surface area contributed by atoms with Gasteiger partial charge in [0.1, 0.15) is 22.4 Å². The van der Waals surface area contributed by atoms with E-state index in [1.807, 2.05) is 19.9 Å². The minimum atomic E-state index is -1.15. The van der Waals surface area contributed by atoms with Crippen LogP contribution in [0.4, 0.5) is 11.8 Å². The van der Waals surface area contributed by atoms with Gasteiger partial charge in [-0.1, -0.05) is 0 Å². The summed E-state index contributed by atoms with van der Waals surface area (Å²) in [6, 6.07) is 1.71. The molecule has 3 aromatic heterocycles. The van der Waals surface area contributed by atoms with Crippen LogP contribution in [0.15, 0.2) is 12.3 Å². The number of fused-ring (bicyclic) bond motifs is 1. The average Bonchev–Trinajstić information content (AvgIpc) is 3.51. The molecule has 0 amide bonds. The fraction of sp³-hybridized carbons (Fsp3) is 0.542. The van der Waals surface area contributed by atoms with Crippen LogP contribution in [-0.2, 0) is 4.79 Å². The van der Waals surface area contributed by atoms with Crippen LogP contribution >= 0.6 is 11.3 Å². The number of thiazole rings is 1. The maximum atomic E-state index is 12.5. The van der Waals surface area contributed by atoms with E-state index in [1.54, 1.807) is 17.5 Å². The van der Waals surface area contributed by atoms with Gasteiger partial charge in [0, 0.05) is 24.8 Å². The molecule has 5 rings (SSSR count). The SMILES string of the molecule is Cc1nc(N[C@H](C)C2CC2)nc(N[C@@H]2C[C@H](CCO)C(=O)[C@H]2O)c1-c1nc2c(C)nccc2s1. The van der Waals surface area contributed by atoms with Crippen LogP contribution < -0.4 is 10.6 Å². The number of anilines is 2. The number of hydrogen-bond acceptors (Lipinski definition) is 10. The fourth-order valence-corrected chi connectivity index (χ4v) is 5.84. The number of aryl methyl sites for hydroxylation is 2. The van der Waals surface area contributed by atoms with E-state index in [9.17, 15) is 15.0 Å². The van der Waals surface area contributed by atoms with Crippen molar-refractivity contribution in [2.75, 3.05) is 17.2 Å². The molecule has 4 atom stereocenters. The van der Waals surface area contributed by atoms with Gasteiger partial charge in [-0.05, 0) is 58.4 Å². The summed E-state index contributed by atoms with van der Waals surface area (Å²) in [7, 11) is 0. The summed E-state index contributed by atoms with van der Waals surface area (Å²) in [6.07, 6.45) is 3.82. The number of nitrogens with zero attached hydrogens (tertiary/aromatic N) is 4. The standard InChI is InChI=1S/C24H30N6O3S/c1-11(14-4-5-14)26-24-27-12(2)18(23-29-19-13(3)25-8-6-17(19)34-23)22(30-24)28-16-10-15(7-9-31)20(32)21(16)33/h6,8,11,14-16,21,31,33H,4-5,7,9-10H2,1-3H3,(H2,26,27,28,30)/t11-,15+,16-,21+/m1/s1. The predicted octanol–water partition coefficient (Wildman–Crippen LogP) is 3.09. The average molecular weight is 483 g/mol. The first-order valence-electron chi connectivity index (χ1n) is 11.8. The molecule has 2 aliphatic rings. The maximum absolute atomic E-state index is 12.5. The molecule has 34 heavy (non-hydrogen) atoms. The Bertz CT molecular complexity index is 1230. The minimum absolute atomic E-state index is 0.0834. The van der Waals surface area contributed by atoms with Crippen molar-refractivity contribution in [1.29, 1.82) is 0 Å². The number of aliphatic hydroxyl groups excluding tert-OH is 2. The van der Waals surface area contributed by atoms with Crippen molar-refractivity contribution in [3.8, 4) is 10.6 Å². The maximum Gasteiger partial charge on any atom is 0.225 e. The third-order valence-electron chi connectivity index (χ3n) is 6.89. The van der Waals surface area contributed by atoms with Gasteiger partial charge < -0.3 is 20.8 Å². The van der Waals surface area contributed by atoms with Crippen molar-refractivity contribution in [2.24, 2.45) is 11.8 Å². The lowest BCUT2D eigenvalue weighted by atomic mass is 10.0. The first-order valence-corrected chi connectivity index (χ1v) is 12.6. The Balaban J connectivity index is 1.54. The van der Waals surface area contributed by atoms with Crippen LogP contribution in [0.25, 0.3) is 20.8 Å². The van der Waals surface area contributed by atoms with E-state index in [1.165, 1.54) is 12.8 Å². The highest BCUT2D eigenvalue weighted by molar-refractivity contribution is 7.21. The fourth-order valence-electron chi connectivity index (χ4n) is 4.73. The van der Waals surface area contributed by atoms with Gasteiger partial charge in [0.25, 0.3) is 0 Å². The van der Waals surface area contributed by atoms with E-state index in [0.717, 1.165) is 32.2 Å². The molecule has 0 spiro atoms. The topological polar surface area (TPSA) is 133 Å². The molecule has 0 radical (unpaired) electrons.